The van der Waals surface area contributed by atoms with E-state index in [9.17, 15) is 0 Å². The highest BCUT2D eigenvalue weighted by Crippen LogP contribution is 2.10. The number of guanidine groups is 1. The van der Waals surface area contributed by atoms with Crippen LogP contribution in [-0.4, -0.2) is 48.0 Å². The molecule has 0 unspecified atom stereocenters. The third-order valence-electron chi connectivity index (χ3n) is 4.06. The molecule has 0 amide bonds. The molecule has 1 heterocycles. The molecule has 2 rings (SSSR count). The Morgan fingerprint density at radius 3 is 2.84 bits per heavy atom. The van der Waals surface area contributed by atoms with E-state index >= 15 is 0 Å². The predicted molar refractivity (Wildman–Crippen MR) is 118 cm³/mol. The summed E-state index contributed by atoms with van der Waals surface area (Å²) >= 11 is 0. The van der Waals surface area contributed by atoms with E-state index in [2.05, 4.69) is 44.9 Å². The minimum absolute atomic E-state index is 0. The highest BCUT2D eigenvalue weighted by Gasteiger charge is 2.06. The van der Waals surface area contributed by atoms with Gasteiger partial charge < -0.3 is 15.2 Å². The fraction of sp³-hybridized carbons (Fsp3) is 0.474. The Bertz CT molecular complexity index is 632. The van der Waals surface area contributed by atoms with Crippen molar-refractivity contribution in [3.8, 4) is 0 Å². The van der Waals surface area contributed by atoms with Crippen LogP contribution in [0, 0.1) is 0 Å². The summed E-state index contributed by atoms with van der Waals surface area (Å²) < 4.78 is 0. The van der Waals surface area contributed by atoms with Gasteiger partial charge in [-0.3, -0.25) is 4.99 Å². The third-order valence-corrected chi connectivity index (χ3v) is 4.06. The third kappa shape index (κ3) is 7.05. The summed E-state index contributed by atoms with van der Waals surface area (Å²) in [5.74, 6) is 1.95. The SMILES string of the molecule is C=CCCCCCN(C)C(=NC)NCCc1nc2ccccc2[nH]1.I. The molecule has 2 N–H and O–H groups in total. The van der Waals surface area contributed by atoms with Crippen molar-refractivity contribution in [2.24, 2.45) is 4.99 Å². The van der Waals surface area contributed by atoms with Gasteiger partial charge >= 0.3 is 0 Å². The summed E-state index contributed by atoms with van der Waals surface area (Å²) in [6, 6.07) is 8.12. The molecule has 0 radical (unpaired) electrons. The summed E-state index contributed by atoms with van der Waals surface area (Å²) in [6.45, 7) is 5.59. The van der Waals surface area contributed by atoms with Gasteiger partial charge in [-0.05, 0) is 31.4 Å². The number of hydrogen-bond donors (Lipinski definition) is 2. The number of aromatic amines is 1. The number of aliphatic imine (C=N–C) groups is 1. The number of aromatic nitrogens is 2. The minimum Gasteiger partial charge on any atom is -0.356 e. The molecule has 1 aromatic heterocycles. The largest absolute Gasteiger partial charge is 0.356 e. The first-order valence-electron chi connectivity index (χ1n) is 8.71. The molecular weight excluding hydrogens is 425 g/mol. The monoisotopic (exact) mass is 455 g/mol. The average Bonchev–Trinajstić information content (AvgIpc) is 3.01. The maximum atomic E-state index is 4.60. The van der Waals surface area contributed by atoms with Gasteiger partial charge in [-0.25, -0.2) is 4.98 Å². The van der Waals surface area contributed by atoms with Crippen LogP contribution in [0.3, 0.4) is 0 Å². The maximum absolute atomic E-state index is 4.60. The van der Waals surface area contributed by atoms with Crippen LogP contribution in [0.25, 0.3) is 11.0 Å². The number of nitrogens with one attached hydrogen (secondary N) is 2. The molecule has 0 aliphatic carbocycles. The van der Waals surface area contributed by atoms with Gasteiger partial charge in [0.15, 0.2) is 5.96 Å². The Morgan fingerprint density at radius 1 is 1.32 bits per heavy atom. The summed E-state index contributed by atoms with van der Waals surface area (Å²) in [7, 11) is 3.92. The molecule has 0 bridgehead atoms. The number of halogens is 1. The fourth-order valence-corrected chi connectivity index (χ4v) is 2.72. The first-order valence-corrected chi connectivity index (χ1v) is 8.71. The average molecular weight is 455 g/mol. The van der Waals surface area contributed by atoms with Gasteiger partial charge in [-0.2, -0.15) is 0 Å². The molecule has 0 atom stereocenters. The van der Waals surface area contributed by atoms with E-state index in [0.717, 1.165) is 48.7 Å². The number of unbranched alkanes of at least 4 members (excludes halogenated alkanes) is 3. The Balaban J connectivity index is 0.00000312. The molecule has 0 aliphatic heterocycles. The molecule has 1 aromatic carbocycles. The minimum atomic E-state index is 0. The van der Waals surface area contributed by atoms with Crippen LogP contribution in [0.1, 0.15) is 31.5 Å². The van der Waals surface area contributed by atoms with Crippen LogP contribution < -0.4 is 5.32 Å². The number of imidazole rings is 1. The van der Waals surface area contributed by atoms with Crippen molar-refractivity contribution >= 4 is 41.0 Å². The van der Waals surface area contributed by atoms with E-state index < -0.39 is 0 Å². The van der Waals surface area contributed by atoms with Crippen molar-refractivity contribution in [1.82, 2.24) is 20.2 Å². The molecule has 2 aromatic rings. The summed E-state index contributed by atoms with van der Waals surface area (Å²) in [4.78, 5) is 14.5. The van der Waals surface area contributed by atoms with Crippen molar-refractivity contribution in [2.75, 3.05) is 27.2 Å². The van der Waals surface area contributed by atoms with Crippen molar-refractivity contribution in [3.05, 3.63) is 42.7 Å². The van der Waals surface area contributed by atoms with Crippen molar-refractivity contribution < 1.29 is 0 Å². The van der Waals surface area contributed by atoms with Crippen LogP contribution in [0.2, 0.25) is 0 Å². The molecule has 0 aliphatic rings. The fourth-order valence-electron chi connectivity index (χ4n) is 2.72. The zero-order valence-corrected chi connectivity index (χ0v) is 17.6. The van der Waals surface area contributed by atoms with Gasteiger partial charge in [0, 0.05) is 33.6 Å². The highest BCUT2D eigenvalue weighted by atomic mass is 127. The van der Waals surface area contributed by atoms with E-state index in [1.807, 2.05) is 31.3 Å². The lowest BCUT2D eigenvalue weighted by Crippen LogP contribution is -2.40. The van der Waals surface area contributed by atoms with E-state index in [1.54, 1.807) is 0 Å². The second-order valence-corrected chi connectivity index (χ2v) is 5.98. The Labute approximate surface area is 168 Å². The number of benzene rings is 1. The first-order chi connectivity index (χ1) is 11.7. The Morgan fingerprint density at radius 2 is 2.12 bits per heavy atom. The molecule has 25 heavy (non-hydrogen) atoms. The maximum Gasteiger partial charge on any atom is 0.193 e. The van der Waals surface area contributed by atoms with Crippen LogP contribution in [0.5, 0.6) is 0 Å². The van der Waals surface area contributed by atoms with E-state index in [4.69, 9.17) is 0 Å². The molecule has 5 nitrogen and oxygen atoms in total. The van der Waals surface area contributed by atoms with E-state index in [0.29, 0.717) is 0 Å². The predicted octanol–water partition coefficient (Wildman–Crippen LogP) is 3.98. The Kier molecular flexibility index (Phi) is 10.2. The van der Waals surface area contributed by atoms with Crippen LogP contribution >= 0.6 is 24.0 Å². The molecule has 0 saturated heterocycles. The smallest absolute Gasteiger partial charge is 0.193 e. The van der Waals surface area contributed by atoms with E-state index in [1.165, 1.54) is 19.3 Å². The second-order valence-electron chi connectivity index (χ2n) is 5.98. The number of rotatable bonds is 9. The highest BCUT2D eigenvalue weighted by molar-refractivity contribution is 14.0. The molecule has 0 saturated carbocycles. The zero-order valence-electron chi connectivity index (χ0n) is 15.3. The van der Waals surface area contributed by atoms with Gasteiger partial charge in [0.2, 0.25) is 0 Å². The quantitative estimate of drug-likeness (QED) is 0.198. The van der Waals surface area contributed by atoms with Crippen molar-refractivity contribution in [3.63, 3.8) is 0 Å². The standard InChI is InChI=1S/C19H29N5.HI/c1-4-5-6-7-10-15-24(3)19(20-2)21-14-13-18-22-16-11-8-9-12-17(16)23-18;/h4,8-9,11-12H,1,5-7,10,13-15H2,2-3H3,(H,20,21)(H,22,23);1H. The molecule has 6 heteroatoms. The number of H-pyrrole nitrogens is 1. The van der Waals surface area contributed by atoms with Crippen molar-refractivity contribution in [1.29, 1.82) is 0 Å². The summed E-state index contributed by atoms with van der Waals surface area (Å²) in [5, 5.41) is 3.41. The zero-order chi connectivity index (χ0) is 17.2. The number of nitrogens with zero attached hydrogens (tertiary/aromatic N) is 3. The normalized spacial score (nSPS) is 11.2. The Hall–Kier alpha value is -1.57. The number of hydrogen-bond acceptors (Lipinski definition) is 2. The van der Waals surface area contributed by atoms with E-state index in [-0.39, 0.29) is 24.0 Å². The number of fused-ring (bicyclic) bond motifs is 1. The lowest BCUT2D eigenvalue weighted by molar-refractivity contribution is 0.455. The van der Waals surface area contributed by atoms with Gasteiger partial charge in [0.05, 0.1) is 11.0 Å². The lowest BCUT2D eigenvalue weighted by Gasteiger charge is -2.21. The number of allylic oxidation sites excluding steroid dienone is 1. The van der Waals surface area contributed by atoms with Gasteiger partial charge in [0.25, 0.3) is 0 Å². The van der Waals surface area contributed by atoms with Gasteiger partial charge in [-0.15, -0.1) is 30.6 Å². The molecule has 0 fully saturated rings. The van der Waals surface area contributed by atoms with Crippen LogP contribution in [0.4, 0.5) is 0 Å². The van der Waals surface area contributed by atoms with Crippen LogP contribution in [0.15, 0.2) is 41.9 Å². The lowest BCUT2D eigenvalue weighted by atomic mass is 10.2. The second kappa shape index (κ2) is 11.9. The van der Waals surface area contributed by atoms with Crippen molar-refractivity contribution in [2.45, 2.75) is 32.1 Å². The summed E-state index contributed by atoms with van der Waals surface area (Å²) in [6.07, 6.45) is 7.56. The van der Waals surface area contributed by atoms with Gasteiger partial charge in [-0.1, -0.05) is 24.6 Å². The topological polar surface area (TPSA) is 56.3 Å². The summed E-state index contributed by atoms with van der Waals surface area (Å²) in [5.41, 5.74) is 2.11. The first kappa shape index (κ1) is 21.5. The molecule has 0 spiro atoms. The number of para-hydroxylation sites is 2. The van der Waals surface area contributed by atoms with Crippen LogP contribution in [-0.2, 0) is 6.42 Å². The molecular formula is C19H30IN5. The van der Waals surface area contributed by atoms with Gasteiger partial charge in [0.1, 0.15) is 5.82 Å². The molecule has 138 valence electrons.